The molecule has 3 aliphatic heterocycles. The average Bonchev–Trinajstić information content (AvgIpc) is 3.61. The monoisotopic (exact) mass is 984 g/mol. The molecule has 3 heterocycles. The third kappa shape index (κ3) is 17.3. The van der Waals surface area contributed by atoms with E-state index in [-0.39, 0.29) is 119 Å². The molecule has 1 fully saturated rings. The van der Waals surface area contributed by atoms with E-state index in [1.165, 1.54) is 12.1 Å². The van der Waals surface area contributed by atoms with Gasteiger partial charge in [0.1, 0.15) is 16.7 Å². The number of anilines is 1. The maximum Gasteiger partial charge on any atom is 1.00 e. The zero-order chi connectivity index (χ0) is 45.3. The molecule has 2 aromatic carbocycles. The van der Waals surface area contributed by atoms with Crippen molar-refractivity contribution in [3.63, 3.8) is 0 Å². The first-order chi connectivity index (χ1) is 30.3. The van der Waals surface area contributed by atoms with Crippen LogP contribution in [0, 0.1) is 0 Å². The number of esters is 1. The van der Waals surface area contributed by atoms with Crippen LogP contribution in [0.25, 0.3) is 0 Å². The largest absolute Gasteiger partial charge is 1.00 e. The molecule has 0 aromatic heterocycles. The first-order valence-corrected chi connectivity index (χ1v) is 24.3. The first kappa shape index (κ1) is 58.6. The summed E-state index contributed by atoms with van der Waals surface area (Å²) in [5, 5.41) is 14.1. The van der Waals surface area contributed by atoms with Gasteiger partial charge >= 0.3 is 109 Å². The summed E-state index contributed by atoms with van der Waals surface area (Å²) in [5.41, 5.74) is 5.03. The van der Waals surface area contributed by atoms with Crippen LogP contribution in [0.5, 0.6) is 0 Å². The number of rotatable bonds is 25. The van der Waals surface area contributed by atoms with Gasteiger partial charge in [0.25, 0.3) is 0 Å². The average molecular weight is 985 g/mol. The number of fused-ring (bicyclic) bond motifs is 2. The molecule has 0 spiro atoms. The Balaban J connectivity index is 0.00000561. The Kier molecular flexibility index (Phi) is 26.6. The number of ether oxygens (including phenoxy) is 2. The molecule has 0 unspecified atom stereocenters. The number of likely N-dealkylation sites (N-methyl/N-ethyl adjacent to an activating group) is 1. The second-order valence-electron chi connectivity index (χ2n) is 17.0. The Hall–Kier alpha value is -0.687. The zero-order valence-corrected chi connectivity index (χ0v) is 47.4. The van der Waals surface area contributed by atoms with Crippen LogP contribution >= 0.6 is 12.0 Å². The molecular formula is C47H64K2N5O9S2+. The summed E-state index contributed by atoms with van der Waals surface area (Å²) < 4.78 is 53.2. The van der Waals surface area contributed by atoms with E-state index in [2.05, 4.69) is 59.7 Å². The van der Waals surface area contributed by atoms with Crippen LogP contribution < -0.4 is 113 Å². The molecule has 0 amide bonds. The quantitative estimate of drug-likeness (QED) is 0.0135. The Morgan fingerprint density at radius 1 is 0.908 bits per heavy atom. The molecule has 0 bridgehead atoms. The third-order valence-corrected chi connectivity index (χ3v) is 13.3. The molecule has 3 aliphatic rings. The minimum Gasteiger partial charge on any atom is -0.744 e. The van der Waals surface area contributed by atoms with Gasteiger partial charge in [-0.05, 0) is 101 Å². The third-order valence-electron chi connectivity index (χ3n) is 11.9. The summed E-state index contributed by atoms with van der Waals surface area (Å²) in [4.78, 5) is 26.1. The minimum atomic E-state index is -4.58. The Morgan fingerprint density at radius 2 is 1.63 bits per heavy atom. The number of benzene rings is 2. The standard InChI is InChI=1S/C47H65N5O9S2.2K/c1-6-51-41-24-22-38(63(55,56)57)35-40(41)47(4,5)43(51)18-11-9-12-19-44-46(2,3)39-34-37(62-61-60-54)21-23-42(39)52(44)28-15-10-13-20-45(53)59-31-16-8-7-14-25-48-36-49-26-17-27-50-29-32-58-33-30-50;;/h9,11-12,18-19,21-24,34-35H,6-8,10,13-17,20,25-33H2,1-5H3,(H-,54,55,56,57);;/q;2*+1/p-1. The fraction of sp³-hybridized carbons (Fsp3) is 0.553. The molecule has 18 heteroatoms. The molecular weight excluding hydrogens is 921 g/mol. The second-order valence-corrected chi connectivity index (χ2v) is 19.1. The molecule has 5 rings (SSSR count). The zero-order valence-electron chi connectivity index (χ0n) is 39.5. The number of carbonyl (C=O) groups excluding carboxylic acids is 1. The van der Waals surface area contributed by atoms with Gasteiger partial charge in [-0.1, -0.05) is 38.5 Å². The van der Waals surface area contributed by atoms with Gasteiger partial charge in [-0.3, -0.25) is 14.7 Å². The minimum absolute atomic E-state index is 0. The van der Waals surface area contributed by atoms with Crippen molar-refractivity contribution in [2.45, 2.75) is 113 Å². The number of carbonyl (C=O) groups is 1. The van der Waals surface area contributed by atoms with E-state index >= 15 is 0 Å². The Labute approximate surface area is 476 Å². The van der Waals surface area contributed by atoms with E-state index in [0.29, 0.717) is 26.1 Å². The molecule has 1 saturated heterocycles. The van der Waals surface area contributed by atoms with E-state index in [4.69, 9.17) is 9.47 Å². The van der Waals surface area contributed by atoms with Gasteiger partial charge in [-0.25, -0.2) is 18.4 Å². The molecule has 2 aromatic rings. The number of nitrogens with zero attached hydrogens (tertiary/aromatic N) is 5. The van der Waals surface area contributed by atoms with Crippen molar-refractivity contribution in [3.05, 3.63) is 83.6 Å². The predicted octanol–water partition coefficient (Wildman–Crippen LogP) is 1.58. The maximum atomic E-state index is 12.5. The molecule has 65 heavy (non-hydrogen) atoms. The molecule has 0 atom stereocenters. The number of unbranched alkanes of at least 4 members (excludes halogenated alkanes) is 5. The first-order valence-electron chi connectivity index (χ1n) is 22.2. The molecule has 14 nitrogen and oxygen atoms in total. The summed E-state index contributed by atoms with van der Waals surface area (Å²) in [5.74, 6) is -0.157. The van der Waals surface area contributed by atoms with Crippen molar-refractivity contribution in [1.82, 2.24) is 4.90 Å². The summed E-state index contributed by atoms with van der Waals surface area (Å²) in [6, 6.07) is 13.4. The number of hydrogen-bond donors (Lipinski definition) is 0. The Morgan fingerprint density at radius 3 is 2.35 bits per heavy atom. The molecule has 0 aliphatic carbocycles. The molecule has 344 valence electrons. The van der Waals surface area contributed by atoms with E-state index in [0.717, 1.165) is 148 Å². The van der Waals surface area contributed by atoms with E-state index in [1.54, 1.807) is 6.07 Å². The van der Waals surface area contributed by atoms with Crippen LogP contribution in [-0.2, 0) is 44.6 Å². The summed E-state index contributed by atoms with van der Waals surface area (Å²) >= 11 is 0.866. The van der Waals surface area contributed by atoms with Gasteiger partial charge in [0.15, 0.2) is 5.71 Å². The summed E-state index contributed by atoms with van der Waals surface area (Å²) in [6.45, 7) is 18.4. The summed E-state index contributed by atoms with van der Waals surface area (Å²) in [6.07, 6.45) is 17.8. The van der Waals surface area contributed by atoms with E-state index < -0.39 is 15.5 Å². The van der Waals surface area contributed by atoms with Crippen molar-refractivity contribution < 1.29 is 149 Å². The van der Waals surface area contributed by atoms with Gasteiger partial charge in [0, 0.05) is 85.0 Å². The van der Waals surface area contributed by atoms with Crippen LogP contribution in [0.2, 0.25) is 0 Å². The van der Waals surface area contributed by atoms with Gasteiger partial charge in [-0.2, -0.15) is 8.91 Å². The maximum absolute atomic E-state index is 12.5. The van der Waals surface area contributed by atoms with Crippen LogP contribution in [0.1, 0.15) is 104 Å². The Bertz CT molecular complexity index is 2170. The fourth-order valence-corrected chi connectivity index (χ4v) is 9.37. The van der Waals surface area contributed by atoms with E-state index in [1.807, 2.05) is 63.3 Å². The van der Waals surface area contributed by atoms with Gasteiger partial charge < -0.3 is 24.2 Å². The number of aliphatic imine (C=N–C) groups is 2. The predicted molar refractivity (Wildman–Crippen MR) is 243 cm³/mol. The van der Waals surface area contributed by atoms with Crippen LogP contribution in [0.4, 0.5) is 11.4 Å². The van der Waals surface area contributed by atoms with Gasteiger partial charge in [0.05, 0.1) is 54.7 Å². The smallest absolute Gasteiger partial charge is 0.744 e. The number of morpholine rings is 1. The fourth-order valence-electron chi connectivity index (χ4n) is 8.48. The van der Waals surface area contributed by atoms with Gasteiger partial charge in [-0.15, -0.1) is 0 Å². The summed E-state index contributed by atoms with van der Waals surface area (Å²) in [7, 11) is -4.58. The SMILES string of the molecule is CCN1\C(=C/C=C/C=C/C2=[N+](CCCCCC(=O)OCCCCCCN=C=NCCCN3CCOCC3)c3ccc(SOO[O-])cc3C2(C)C)C(C)(C)c2cc(S(=O)(=O)[O-])ccc21.[K+].[K+]. The number of hydrogen-bond acceptors (Lipinski definition) is 14. The topological polar surface area (TPSA) is 168 Å². The van der Waals surface area contributed by atoms with Crippen molar-refractivity contribution in [2.75, 3.05) is 70.5 Å². The van der Waals surface area contributed by atoms with Crippen LogP contribution in [0.15, 0.2) is 92.3 Å². The van der Waals surface area contributed by atoms with Crippen molar-refractivity contribution in [1.29, 1.82) is 0 Å². The number of allylic oxidation sites excluding steroid dienone is 6. The van der Waals surface area contributed by atoms with Crippen molar-refractivity contribution in [2.24, 2.45) is 9.98 Å². The second kappa shape index (κ2) is 29.5. The van der Waals surface area contributed by atoms with E-state index in [9.17, 15) is 23.0 Å². The van der Waals surface area contributed by atoms with Crippen molar-refractivity contribution >= 4 is 51.2 Å². The molecule has 0 saturated carbocycles. The molecule has 0 radical (unpaired) electrons. The van der Waals surface area contributed by atoms with Gasteiger partial charge in [0.2, 0.25) is 5.69 Å². The van der Waals surface area contributed by atoms with Crippen molar-refractivity contribution in [3.8, 4) is 0 Å². The molecule has 0 N–H and O–H groups in total. The van der Waals surface area contributed by atoms with Crippen LogP contribution in [-0.4, -0.2) is 106 Å². The van der Waals surface area contributed by atoms with Crippen LogP contribution in [0.3, 0.4) is 0 Å². The normalized spacial score (nSPS) is 17.2.